The molecule has 4 heteroatoms. The normalized spacial score (nSPS) is 21.9. The van der Waals surface area contributed by atoms with Gasteiger partial charge in [0.1, 0.15) is 18.1 Å². The average Bonchev–Trinajstić information content (AvgIpc) is 2.80. The van der Waals surface area contributed by atoms with Crippen LogP contribution in [0.3, 0.4) is 0 Å². The molecule has 1 aliphatic heterocycles. The highest BCUT2D eigenvalue weighted by Crippen LogP contribution is 2.14. The van der Waals surface area contributed by atoms with Crippen molar-refractivity contribution in [2.75, 3.05) is 20.1 Å². The number of likely N-dealkylation sites (N-methyl/N-ethyl adjacent to an activating group) is 1. The van der Waals surface area contributed by atoms with Gasteiger partial charge < -0.3 is 19.7 Å². The number of hydrogen-bond acceptors (Lipinski definition) is 4. The van der Waals surface area contributed by atoms with Gasteiger partial charge in [0.25, 0.3) is 0 Å². The van der Waals surface area contributed by atoms with E-state index < -0.39 is 0 Å². The monoisotopic (exact) mass is 238 g/mol. The minimum atomic E-state index is -0.0225. The van der Waals surface area contributed by atoms with Gasteiger partial charge in [0.05, 0.1) is 6.54 Å². The number of aliphatic hydroxyl groups is 1. The Balaban J connectivity index is 1.71. The van der Waals surface area contributed by atoms with Crippen LogP contribution < -0.4 is 5.32 Å². The van der Waals surface area contributed by atoms with E-state index in [1.54, 1.807) is 0 Å². The van der Waals surface area contributed by atoms with E-state index in [1.165, 1.54) is 25.8 Å². The van der Waals surface area contributed by atoms with Gasteiger partial charge in [-0.15, -0.1) is 0 Å². The van der Waals surface area contributed by atoms with Crippen LogP contribution in [0.15, 0.2) is 16.5 Å². The SMILES string of the molecule is CN1CCCCC1CNCc1ccc(CO)o1. The molecule has 1 fully saturated rings. The van der Waals surface area contributed by atoms with Gasteiger partial charge in [0.15, 0.2) is 0 Å². The van der Waals surface area contributed by atoms with E-state index in [1.807, 2.05) is 12.1 Å². The molecule has 0 amide bonds. The topological polar surface area (TPSA) is 48.6 Å². The number of aliphatic hydroxyl groups excluding tert-OH is 1. The maximum absolute atomic E-state index is 8.89. The molecule has 0 radical (unpaired) electrons. The molecule has 2 rings (SSSR count). The maximum atomic E-state index is 8.89. The molecule has 1 unspecified atom stereocenters. The first-order valence-electron chi connectivity index (χ1n) is 6.39. The summed E-state index contributed by atoms with van der Waals surface area (Å²) >= 11 is 0. The molecule has 1 aliphatic rings. The van der Waals surface area contributed by atoms with Crippen molar-refractivity contribution in [3.8, 4) is 0 Å². The van der Waals surface area contributed by atoms with Gasteiger partial charge in [-0.25, -0.2) is 0 Å². The second-order valence-corrected chi connectivity index (χ2v) is 4.79. The van der Waals surface area contributed by atoms with E-state index in [-0.39, 0.29) is 6.61 Å². The van der Waals surface area contributed by atoms with Crippen LogP contribution in [0.5, 0.6) is 0 Å². The standard InChI is InChI=1S/C13H22N2O2/c1-15-7-3-2-4-11(15)8-14-9-12-5-6-13(10-16)17-12/h5-6,11,14,16H,2-4,7-10H2,1H3. The molecule has 17 heavy (non-hydrogen) atoms. The molecule has 0 aliphatic carbocycles. The summed E-state index contributed by atoms with van der Waals surface area (Å²) < 4.78 is 5.42. The molecular formula is C13H22N2O2. The van der Waals surface area contributed by atoms with Crippen LogP contribution >= 0.6 is 0 Å². The molecule has 1 aromatic rings. The summed E-state index contributed by atoms with van der Waals surface area (Å²) in [6.07, 6.45) is 3.95. The lowest BCUT2D eigenvalue weighted by molar-refractivity contribution is 0.180. The zero-order valence-corrected chi connectivity index (χ0v) is 10.5. The first-order valence-corrected chi connectivity index (χ1v) is 6.39. The highest BCUT2D eigenvalue weighted by Gasteiger charge is 2.18. The molecule has 4 nitrogen and oxygen atoms in total. The quantitative estimate of drug-likeness (QED) is 0.813. The number of rotatable bonds is 5. The number of furan rings is 1. The molecular weight excluding hydrogens is 216 g/mol. The predicted octanol–water partition coefficient (Wildman–Crippen LogP) is 1.35. The smallest absolute Gasteiger partial charge is 0.129 e. The maximum Gasteiger partial charge on any atom is 0.129 e. The van der Waals surface area contributed by atoms with Crippen LogP contribution in [0.4, 0.5) is 0 Å². The molecule has 2 heterocycles. The Hall–Kier alpha value is -0.840. The van der Waals surface area contributed by atoms with Crippen molar-refractivity contribution in [2.24, 2.45) is 0 Å². The lowest BCUT2D eigenvalue weighted by Gasteiger charge is -2.32. The van der Waals surface area contributed by atoms with E-state index in [0.29, 0.717) is 11.8 Å². The number of likely N-dealkylation sites (tertiary alicyclic amines) is 1. The molecule has 0 spiro atoms. The zero-order chi connectivity index (χ0) is 12.1. The van der Waals surface area contributed by atoms with E-state index >= 15 is 0 Å². The summed E-state index contributed by atoms with van der Waals surface area (Å²) in [7, 11) is 2.20. The number of piperidine rings is 1. The van der Waals surface area contributed by atoms with Crippen molar-refractivity contribution < 1.29 is 9.52 Å². The minimum Gasteiger partial charge on any atom is -0.462 e. The molecule has 2 N–H and O–H groups in total. The summed E-state index contributed by atoms with van der Waals surface area (Å²) in [5.74, 6) is 1.53. The Kier molecular flexibility index (Phi) is 4.59. The van der Waals surface area contributed by atoms with Crippen molar-refractivity contribution in [2.45, 2.75) is 38.5 Å². The third kappa shape index (κ3) is 3.56. The van der Waals surface area contributed by atoms with Gasteiger partial charge in [-0.2, -0.15) is 0 Å². The molecule has 96 valence electrons. The van der Waals surface area contributed by atoms with Gasteiger partial charge in [-0.05, 0) is 38.6 Å². The van der Waals surface area contributed by atoms with Crippen LogP contribution in [0.2, 0.25) is 0 Å². The zero-order valence-electron chi connectivity index (χ0n) is 10.5. The van der Waals surface area contributed by atoms with E-state index in [9.17, 15) is 0 Å². The fourth-order valence-corrected chi connectivity index (χ4v) is 2.37. The fourth-order valence-electron chi connectivity index (χ4n) is 2.37. The first kappa shape index (κ1) is 12.6. The third-order valence-electron chi connectivity index (χ3n) is 3.47. The van der Waals surface area contributed by atoms with Gasteiger partial charge in [-0.3, -0.25) is 0 Å². The Labute approximate surface area is 103 Å². The van der Waals surface area contributed by atoms with Gasteiger partial charge in [-0.1, -0.05) is 6.42 Å². The van der Waals surface area contributed by atoms with Crippen molar-refractivity contribution >= 4 is 0 Å². The van der Waals surface area contributed by atoms with Crippen LogP contribution in [0.1, 0.15) is 30.8 Å². The Morgan fingerprint density at radius 1 is 1.41 bits per heavy atom. The van der Waals surface area contributed by atoms with Crippen molar-refractivity contribution in [1.82, 2.24) is 10.2 Å². The number of nitrogens with zero attached hydrogens (tertiary/aromatic N) is 1. The number of hydrogen-bond donors (Lipinski definition) is 2. The van der Waals surface area contributed by atoms with Crippen LogP contribution in [-0.4, -0.2) is 36.2 Å². The summed E-state index contributed by atoms with van der Waals surface area (Å²) in [6.45, 7) is 2.93. The first-order chi connectivity index (χ1) is 8.29. The highest BCUT2D eigenvalue weighted by molar-refractivity contribution is 5.06. The van der Waals surface area contributed by atoms with Gasteiger partial charge >= 0.3 is 0 Å². The molecule has 0 bridgehead atoms. The molecule has 1 atom stereocenters. The van der Waals surface area contributed by atoms with E-state index in [2.05, 4.69) is 17.3 Å². The van der Waals surface area contributed by atoms with Crippen molar-refractivity contribution in [3.05, 3.63) is 23.7 Å². The minimum absolute atomic E-state index is 0.0225. The van der Waals surface area contributed by atoms with Crippen molar-refractivity contribution in [3.63, 3.8) is 0 Å². The predicted molar refractivity (Wildman–Crippen MR) is 66.6 cm³/mol. The highest BCUT2D eigenvalue weighted by atomic mass is 16.4. The van der Waals surface area contributed by atoms with E-state index in [4.69, 9.17) is 9.52 Å². The summed E-state index contributed by atoms with van der Waals surface area (Å²) in [4.78, 5) is 2.43. The second kappa shape index (κ2) is 6.19. The summed E-state index contributed by atoms with van der Waals surface area (Å²) in [5, 5.41) is 12.3. The Morgan fingerprint density at radius 3 is 2.94 bits per heavy atom. The molecule has 1 saturated heterocycles. The molecule has 0 saturated carbocycles. The Morgan fingerprint density at radius 2 is 2.24 bits per heavy atom. The molecule has 1 aromatic heterocycles. The third-order valence-corrected chi connectivity index (χ3v) is 3.47. The fraction of sp³-hybridized carbons (Fsp3) is 0.692. The van der Waals surface area contributed by atoms with Crippen molar-refractivity contribution in [1.29, 1.82) is 0 Å². The Bertz CT molecular complexity index is 338. The summed E-state index contributed by atoms with van der Waals surface area (Å²) in [5.41, 5.74) is 0. The van der Waals surface area contributed by atoms with Gasteiger partial charge in [0.2, 0.25) is 0 Å². The van der Waals surface area contributed by atoms with E-state index in [0.717, 1.165) is 18.8 Å². The summed E-state index contributed by atoms with van der Waals surface area (Å²) in [6, 6.07) is 4.39. The van der Waals surface area contributed by atoms with Crippen LogP contribution in [-0.2, 0) is 13.2 Å². The van der Waals surface area contributed by atoms with Crippen LogP contribution in [0, 0.1) is 0 Å². The molecule has 0 aromatic carbocycles. The lowest BCUT2D eigenvalue weighted by Crippen LogP contribution is -2.42. The average molecular weight is 238 g/mol. The van der Waals surface area contributed by atoms with Crippen LogP contribution in [0.25, 0.3) is 0 Å². The largest absolute Gasteiger partial charge is 0.462 e. The number of nitrogens with one attached hydrogen (secondary N) is 1. The lowest BCUT2D eigenvalue weighted by atomic mass is 10.0. The van der Waals surface area contributed by atoms with Gasteiger partial charge in [0, 0.05) is 12.6 Å². The second-order valence-electron chi connectivity index (χ2n) is 4.79.